The van der Waals surface area contributed by atoms with Crippen LogP contribution in [0.1, 0.15) is 18.1 Å². The number of methoxy groups -OCH3 is 1. The van der Waals surface area contributed by atoms with E-state index < -0.39 is 0 Å². The van der Waals surface area contributed by atoms with Gasteiger partial charge in [-0.15, -0.1) is 0 Å². The molecule has 1 fully saturated rings. The Morgan fingerprint density at radius 3 is 2.48 bits per heavy atom. The van der Waals surface area contributed by atoms with Gasteiger partial charge in [0.15, 0.2) is 0 Å². The second-order valence-corrected chi connectivity index (χ2v) is 6.43. The Hall–Kier alpha value is -1.47. The molecule has 1 aromatic carbocycles. The molecular weight excluding hydrogens is 316 g/mol. The van der Waals surface area contributed by atoms with E-state index in [0.717, 1.165) is 39.3 Å². The maximum atomic E-state index is 11.9. The molecule has 140 valence electrons. The van der Waals surface area contributed by atoms with Gasteiger partial charge in [0.05, 0.1) is 13.2 Å². The Morgan fingerprint density at radius 2 is 1.80 bits per heavy atom. The van der Waals surface area contributed by atoms with E-state index in [1.54, 1.807) is 7.11 Å². The maximum absolute atomic E-state index is 11.9. The molecule has 0 spiro atoms. The lowest BCUT2D eigenvalue weighted by Gasteiger charge is -2.34. The first-order valence-electron chi connectivity index (χ1n) is 9.20. The van der Waals surface area contributed by atoms with E-state index in [1.807, 2.05) is 6.07 Å². The highest BCUT2D eigenvalue weighted by molar-refractivity contribution is 5.78. The second kappa shape index (κ2) is 11.2. The molecule has 1 amide bonds. The van der Waals surface area contributed by atoms with Crippen molar-refractivity contribution >= 4 is 5.91 Å². The number of carbonyl (C=O) groups excluding carboxylic acids is 1. The Morgan fingerprint density at radius 1 is 1.12 bits per heavy atom. The first-order chi connectivity index (χ1) is 12.2. The first kappa shape index (κ1) is 19.8. The van der Waals surface area contributed by atoms with Crippen molar-refractivity contribution in [1.29, 1.82) is 0 Å². The minimum Gasteiger partial charge on any atom is -0.383 e. The molecule has 0 atom stereocenters. The molecule has 25 heavy (non-hydrogen) atoms. The van der Waals surface area contributed by atoms with Crippen LogP contribution in [0.2, 0.25) is 0 Å². The lowest BCUT2D eigenvalue weighted by molar-refractivity contribution is -0.120. The second-order valence-electron chi connectivity index (χ2n) is 6.43. The van der Waals surface area contributed by atoms with Gasteiger partial charge in [-0.2, -0.15) is 0 Å². The molecule has 2 rings (SSSR count). The molecule has 2 N–H and O–H groups in total. The molecule has 1 saturated heterocycles. The number of benzene rings is 1. The normalized spacial score (nSPS) is 16.1. The fraction of sp³-hybridized carbons (Fsp3) is 0.632. The van der Waals surface area contributed by atoms with E-state index in [9.17, 15) is 4.79 Å². The zero-order chi connectivity index (χ0) is 17.9. The zero-order valence-corrected chi connectivity index (χ0v) is 15.6. The molecule has 0 aromatic heterocycles. The molecule has 6 heteroatoms. The monoisotopic (exact) mass is 348 g/mol. The smallest absolute Gasteiger partial charge is 0.234 e. The van der Waals surface area contributed by atoms with Gasteiger partial charge in [0.1, 0.15) is 0 Å². The third kappa shape index (κ3) is 7.12. The average molecular weight is 348 g/mol. The van der Waals surface area contributed by atoms with E-state index in [4.69, 9.17) is 4.74 Å². The summed E-state index contributed by atoms with van der Waals surface area (Å²) in [5, 5.41) is 6.06. The number of piperazine rings is 1. The summed E-state index contributed by atoms with van der Waals surface area (Å²) in [7, 11) is 1.65. The number of rotatable bonds is 10. The van der Waals surface area contributed by atoms with E-state index in [-0.39, 0.29) is 5.91 Å². The summed E-state index contributed by atoms with van der Waals surface area (Å²) >= 11 is 0. The van der Waals surface area contributed by atoms with Crippen molar-refractivity contribution in [3.05, 3.63) is 35.4 Å². The summed E-state index contributed by atoms with van der Waals surface area (Å²) in [5.74, 6) is 0.0162. The van der Waals surface area contributed by atoms with Crippen molar-refractivity contribution < 1.29 is 9.53 Å². The summed E-state index contributed by atoms with van der Waals surface area (Å²) in [4.78, 5) is 16.9. The zero-order valence-electron chi connectivity index (χ0n) is 15.6. The SMILES string of the molecule is CCN1CCN(Cc2ccccc2CNC(=O)CNCCOC)CC1. The van der Waals surface area contributed by atoms with Crippen LogP contribution in [0, 0.1) is 0 Å². The minimum atomic E-state index is 0.0162. The number of ether oxygens (including phenoxy) is 1. The third-order valence-corrected chi connectivity index (χ3v) is 4.67. The molecule has 6 nitrogen and oxygen atoms in total. The highest BCUT2D eigenvalue weighted by Crippen LogP contribution is 2.13. The summed E-state index contributed by atoms with van der Waals surface area (Å²) in [6.07, 6.45) is 0. The number of hydrogen-bond acceptors (Lipinski definition) is 5. The van der Waals surface area contributed by atoms with Crippen LogP contribution in [0.5, 0.6) is 0 Å². The number of amides is 1. The molecule has 0 bridgehead atoms. The highest BCUT2D eigenvalue weighted by Gasteiger charge is 2.16. The Bertz CT molecular complexity index is 516. The fourth-order valence-electron chi connectivity index (χ4n) is 3.02. The predicted molar refractivity (Wildman–Crippen MR) is 100 cm³/mol. The summed E-state index contributed by atoms with van der Waals surface area (Å²) in [6, 6.07) is 8.40. The van der Waals surface area contributed by atoms with Crippen LogP contribution in [0.25, 0.3) is 0 Å². The van der Waals surface area contributed by atoms with Crippen molar-refractivity contribution in [2.24, 2.45) is 0 Å². The summed E-state index contributed by atoms with van der Waals surface area (Å²) < 4.78 is 4.95. The van der Waals surface area contributed by atoms with Crippen molar-refractivity contribution in [3.63, 3.8) is 0 Å². The standard InChI is InChI=1S/C19H32N4O2/c1-3-22-9-11-23(12-10-22)16-18-7-5-4-6-17(18)14-21-19(24)15-20-8-13-25-2/h4-7,20H,3,8-16H2,1-2H3,(H,21,24). The molecule has 1 aliphatic heterocycles. The molecule has 0 aliphatic carbocycles. The molecular formula is C19H32N4O2. The molecule has 1 heterocycles. The summed E-state index contributed by atoms with van der Waals surface area (Å²) in [5.41, 5.74) is 2.51. The lowest BCUT2D eigenvalue weighted by atomic mass is 10.1. The number of nitrogens with one attached hydrogen (secondary N) is 2. The van der Waals surface area contributed by atoms with Crippen LogP contribution in [-0.4, -0.2) is 75.2 Å². The highest BCUT2D eigenvalue weighted by atomic mass is 16.5. The number of nitrogens with zero attached hydrogens (tertiary/aromatic N) is 2. The van der Waals surface area contributed by atoms with Crippen LogP contribution >= 0.6 is 0 Å². The van der Waals surface area contributed by atoms with E-state index in [0.29, 0.717) is 26.2 Å². The maximum Gasteiger partial charge on any atom is 0.234 e. The molecule has 0 unspecified atom stereocenters. The van der Waals surface area contributed by atoms with Gasteiger partial charge in [-0.25, -0.2) is 0 Å². The first-order valence-corrected chi connectivity index (χ1v) is 9.20. The van der Waals surface area contributed by atoms with Gasteiger partial charge < -0.3 is 20.3 Å². The average Bonchev–Trinajstić information content (AvgIpc) is 2.65. The van der Waals surface area contributed by atoms with Crippen LogP contribution < -0.4 is 10.6 Å². The van der Waals surface area contributed by atoms with Crippen molar-refractivity contribution in [1.82, 2.24) is 20.4 Å². The van der Waals surface area contributed by atoms with Crippen LogP contribution in [0.4, 0.5) is 0 Å². The largest absolute Gasteiger partial charge is 0.383 e. The van der Waals surface area contributed by atoms with E-state index in [2.05, 4.69) is 45.6 Å². The van der Waals surface area contributed by atoms with Gasteiger partial charge in [0.2, 0.25) is 5.91 Å². The molecule has 0 radical (unpaired) electrons. The van der Waals surface area contributed by atoms with Crippen molar-refractivity contribution in [2.45, 2.75) is 20.0 Å². The van der Waals surface area contributed by atoms with Crippen LogP contribution in [-0.2, 0) is 22.6 Å². The third-order valence-electron chi connectivity index (χ3n) is 4.67. The topological polar surface area (TPSA) is 56.8 Å². The number of hydrogen-bond donors (Lipinski definition) is 2. The predicted octanol–water partition coefficient (Wildman–Crippen LogP) is 0.676. The number of likely N-dealkylation sites (N-methyl/N-ethyl adjacent to an activating group) is 1. The molecule has 0 saturated carbocycles. The fourth-order valence-corrected chi connectivity index (χ4v) is 3.02. The van der Waals surface area contributed by atoms with E-state index in [1.165, 1.54) is 11.1 Å². The quantitative estimate of drug-likeness (QED) is 0.609. The molecule has 1 aromatic rings. The minimum absolute atomic E-state index is 0.0162. The van der Waals surface area contributed by atoms with Gasteiger partial charge >= 0.3 is 0 Å². The van der Waals surface area contributed by atoms with Gasteiger partial charge in [0.25, 0.3) is 0 Å². The van der Waals surface area contributed by atoms with Gasteiger partial charge in [-0.05, 0) is 17.7 Å². The van der Waals surface area contributed by atoms with Gasteiger partial charge in [-0.3, -0.25) is 9.69 Å². The number of carbonyl (C=O) groups is 1. The Labute approximate surface area is 151 Å². The Balaban J connectivity index is 1.79. The van der Waals surface area contributed by atoms with Gasteiger partial charge in [0, 0.05) is 52.9 Å². The summed E-state index contributed by atoms with van der Waals surface area (Å²) in [6.45, 7) is 11.0. The van der Waals surface area contributed by atoms with E-state index >= 15 is 0 Å². The molecule has 1 aliphatic rings. The van der Waals surface area contributed by atoms with Gasteiger partial charge in [-0.1, -0.05) is 31.2 Å². The van der Waals surface area contributed by atoms with Crippen molar-refractivity contribution in [2.75, 3.05) is 59.5 Å². The van der Waals surface area contributed by atoms with Crippen molar-refractivity contribution in [3.8, 4) is 0 Å². The van der Waals surface area contributed by atoms with Crippen LogP contribution in [0.15, 0.2) is 24.3 Å². The van der Waals surface area contributed by atoms with Crippen LogP contribution in [0.3, 0.4) is 0 Å². The lowest BCUT2D eigenvalue weighted by Crippen LogP contribution is -2.45. The Kier molecular flexibility index (Phi) is 8.90.